The van der Waals surface area contributed by atoms with E-state index in [1.165, 1.54) is 10.9 Å². The Hall–Kier alpha value is -1.24. The van der Waals surface area contributed by atoms with E-state index in [0.717, 1.165) is 0 Å². The molecular weight excluding hydrogens is 146 g/mol. The van der Waals surface area contributed by atoms with Crippen molar-refractivity contribution in [2.24, 2.45) is 0 Å². The highest BCUT2D eigenvalue weighted by molar-refractivity contribution is 5.80. The molecule has 0 aliphatic rings. The van der Waals surface area contributed by atoms with E-state index in [1.807, 2.05) is 0 Å². The van der Waals surface area contributed by atoms with Gasteiger partial charge in [0.2, 0.25) is 0 Å². The van der Waals surface area contributed by atoms with Crippen LogP contribution in [-0.4, -0.2) is 4.57 Å². The summed E-state index contributed by atoms with van der Waals surface area (Å²) in [5.74, 6) is 0. The molecule has 1 heterocycles. The van der Waals surface area contributed by atoms with Crippen molar-refractivity contribution in [3.05, 3.63) is 36.5 Å². The lowest BCUT2D eigenvalue weighted by Gasteiger charge is -2.08. The van der Waals surface area contributed by atoms with Crippen LogP contribution in [0.3, 0.4) is 0 Å². The summed E-state index contributed by atoms with van der Waals surface area (Å²) in [6.07, 6.45) is 2.15. The summed E-state index contributed by atoms with van der Waals surface area (Å²) in [6.45, 7) is 4.40. The monoisotopic (exact) mass is 159 g/mol. The Morgan fingerprint density at radius 2 is 1.83 bits per heavy atom. The average molecular weight is 159 g/mol. The molecule has 0 radical (unpaired) electrons. The Balaban J connectivity index is 2.70. The van der Waals surface area contributed by atoms with Gasteiger partial charge in [0.05, 0.1) is 0 Å². The third-order valence-corrected chi connectivity index (χ3v) is 2.19. The molecule has 0 fully saturated rings. The van der Waals surface area contributed by atoms with E-state index in [2.05, 4.69) is 54.9 Å². The van der Waals surface area contributed by atoms with Gasteiger partial charge >= 0.3 is 0 Å². The van der Waals surface area contributed by atoms with Gasteiger partial charge in [-0.1, -0.05) is 18.2 Å². The molecule has 1 heteroatoms. The van der Waals surface area contributed by atoms with E-state index in [1.54, 1.807) is 0 Å². The van der Waals surface area contributed by atoms with Crippen LogP contribution < -0.4 is 0 Å². The van der Waals surface area contributed by atoms with Gasteiger partial charge in [0.25, 0.3) is 0 Å². The molecule has 0 atom stereocenters. The van der Waals surface area contributed by atoms with Gasteiger partial charge in [0, 0.05) is 17.8 Å². The molecule has 2 aromatic rings. The molecule has 0 saturated heterocycles. The quantitative estimate of drug-likeness (QED) is 0.602. The fourth-order valence-electron chi connectivity index (χ4n) is 1.55. The topological polar surface area (TPSA) is 4.93 Å². The molecule has 0 unspecified atom stereocenters. The molecule has 62 valence electrons. The zero-order chi connectivity index (χ0) is 8.55. The number of hydrogen-bond donors (Lipinski definition) is 0. The van der Waals surface area contributed by atoms with Crippen LogP contribution in [0.5, 0.6) is 0 Å². The third-order valence-electron chi connectivity index (χ3n) is 2.19. The van der Waals surface area contributed by atoms with Gasteiger partial charge in [-0.25, -0.2) is 0 Å². The van der Waals surface area contributed by atoms with Crippen molar-refractivity contribution in [1.29, 1.82) is 0 Å². The highest BCUT2D eigenvalue weighted by Gasteiger charge is 2.01. The molecule has 0 spiro atoms. The standard InChI is InChI=1S/C11H13N/c1-9(2)12-8-7-10-5-3-4-6-11(10)12/h3-9H,1-2H3. The summed E-state index contributed by atoms with van der Waals surface area (Å²) in [5.41, 5.74) is 1.33. The molecule has 1 aromatic carbocycles. The first-order chi connectivity index (χ1) is 5.79. The van der Waals surface area contributed by atoms with E-state index in [4.69, 9.17) is 0 Å². The molecular formula is C11H13N. The zero-order valence-electron chi connectivity index (χ0n) is 7.49. The highest BCUT2D eigenvalue weighted by Crippen LogP contribution is 2.18. The van der Waals surface area contributed by atoms with E-state index in [-0.39, 0.29) is 0 Å². The SMILES string of the molecule is CC(C)n1ccc2ccccc21. The van der Waals surface area contributed by atoms with Gasteiger partial charge in [0.1, 0.15) is 0 Å². The summed E-state index contributed by atoms with van der Waals surface area (Å²) in [7, 11) is 0. The Labute approximate surface area is 72.6 Å². The van der Waals surface area contributed by atoms with Crippen molar-refractivity contribution >= 4 is 10.9 Å². The van der Waals surface area contributed by atoms with Crippen LogP contribution in [0.4, 0.5) is 0 Å². The van der Waals surface area contributed by atoms with Gasteiger partial charge < -0.3 is 4.57 Å². The van der Waals surface area contributed by atoms with Crippen LogP contribution in [0.1, 0.15) is 19.9 Å². The van der Waals surface area contributed by atoms with Crippen molar-refractivity contribution in [3.63, 3.8) is 0 Å². The number of rotatable bonds is 1. The summed E-state index contributed by atoms with van der Waals surface area (Å²) in [4.78, 5) is 0. The summed E-state index contributed by atoms with van der Waals surface area (Å²) in [6, 6.07) is 11.2. The fraction of sp³-hybridized carbons (Fsp3) is 0.273. The van der Waals surface area contributed by atoms with Crippen LogP contribution in [0.25, 0.3) is 10.9 Å². The van der Waals surface area contributed by atoms with Crippen LogP contribution in [0.15, 0.2) is 36.5 Å². The molecule has 2 rings (SSSR count). The summed E-state index contributed by atoms with van der Waals surface area (Å²) >= 11 is 0. The average Bonchev–Trinajstić information content (AvgIpc) is 2.47. The Kier molecular flexibility index (Phi) is 1.65. The molecule has 12 heavy (non-hydrogen) atoms. The smallest absolute Gasteiger partial charge is 0.0482 e. The molecule has 1 aromatic heterocycles. The highest BCUT2D eigenvalue weighted by atomic mass is 15.0. The van der Waals surface area contributed by atoms with Crippen molar-refractivity contribution < 1.29 is 0 Å². The second-order valence-electron chi connectivity index (χ2n) is 3.38. The maximum atomic E-state index is 2.29. The van der Waals surface area contributed by atoms with E-state index in [9.17, 15) is 0 Å². The number of nitrogens with zero attached hydrogens (tertiary/aromatic N) is 1. The van der Waals surface area contributed by atoms with Crippen LogP contribution in [0, 0.1) is 0 Å². The number of fused-ring (bicyclic) bond motifs is 1. The van der Waals surface area contributed by atoms with Gasteiger partial charge in [-0.15, -0.1) is 0 Å². The fourth-order valence-corrected chi connectivity index (χ4v) is 1.55. The molecule has 0 amide bonds. The minimum Gasteiger partial charge on any atom is -0.345 e. The van der Waals surface area contributed by atoms with E-state index in [0.29, 0.717) is 6.04 Å². The van der Waals surface area contributed by atoms with Gasteiger partial charge in [0.15, 0.2) is 0 Å². The number of hydrogen-bond acceptors (Lipinski definition) is 0. The van der Waals surface area contributed by atoms with Crippen molar-refractivity contribution in [2.75, 3.05) is 0 Å². The van der Waals surface area contributed by atoms with Crippen molar-refractivity contribution in [1.82, 2.24) is 4.57 Å². The minimum absolute atomic E-state index is 0.546. The minimum atomic E-state index is 0.546. The lowest BCUT2D eigenvalue weighted by atomic mass is 10.2. The largest absolute Gasteiger partial charge is 0.345 e. The first kappa shape index (κ1) is 7.41. The van der Waals surface area contributed by atoms with E-state index < -0.39 is 0 Å². The second kappa shape index (κ2) is 2.67. The third kappa shape index (κ3) is 1.02. The second-order valence-corrected chi connectivity index (χ2v) is 3.38. The van der Waals surface area contributed by atoms with Gasteiger partial charge in [-0.05, 0) is 31.4 Å². The molecule has 1 nitrogen and oxygen atoms in total. The molecule has 0 saturated carbocycles. The van der Waals surface area contributed by atoms with Crippen LogP contribution in [0.2, 0.25) is 0 Å². The van der Waals surface area contributed by atoms with Crippen LogP contribution >= 0.6 is 0 Å². The Morgan fingerprint density at radius 3 is 2.58 bits per heavy atom. The first-order valence-corrected chi connectivity index (χ1v) is 4.34. The normalized spacial score (nSPS) is 11.2. The van der Waals surface area contributed by atoms with Crippen LogP contribution in [-0.2, 0) is 0 Å². The lowest BCUT2D eigenvalue weighted by molar-refractivity contribution is 0.623. The lowest BCUT2D eigenvalue weighted by Crippen LogP contribution is -1.97. The number of benzene rings is 1. The first-order valence-electron chi connectivity index (χ1n) is 4.34. The molecule has 0 aliphatic carbocycles. The molecule has 0 aliphatic heterocycles. The van der Waals surface area contributed by atoms with Gasteiger partial charge in [-0.2, -0.15) is 0 Å². The maximum Gasteiger partial charge on any atom is 0.0482 e. The van der Waals surface area contributed by atoms with Crippen molar-refractivity contribution in [2.45, 2.75) is 19.9 Å². The Bertz CT molecular complexity index is 385. The predicted octanol–water partition coefficient (Wildman–Crippen LogP) is 3.22. The number of aromatic nitrogens is 1. The number of para-hydroxylation sites is 1. The summed E-state index contributed by atoms with van der Waals surface area (Å²) < 4.78 is 2.29. The summed E-state index contributed by atoms with van der Waals surface area (Å²) in [5, 5.41) is 1.33. The zero-order valence-corrected chi connectivity index (χ0v) is 7.49. The predicted molar refractivity (Wildman–Crippen MR) is 52.3 cm³/mol. The van der Waals surface area contributed by atoms with E-state index >= 15 is 0 Å². The molecule has 0 bridgehead atoms. The van der Waals surface area contributed by atoms with Crippen molar-refractivity contribution in [3.8, 4) is 0 Å². The Morgan fingerprint density at radius 1 is 1.08 bits per heavy atom. The van der Waals surface area contributed by atoms with Gasteiger partial charge in [-0.3, -0.25) is 0 Å². The maximum absolute atomic E-state index is 2.29. The molecule has 0 N–H and O–H groups in total.